The van der Waals surface area contributed by atoms with Gasteiger partial charge >= 0.3 is 0 Å². The Hall–Kier alpha value is -8.36. The molecule has 10 aromatic rings. The zero-order valence-corrected chi connectivity index (χ0v) is 74.1. The summed E-state index contributed by atoms with van der Waals surface area (Å²) in [7, 11) is 18.0. The highest BCUT2D eigenvalue weighted by Gasteiger charge is 2.20. The first-order chi connectivity index (χ1) is 56.5. The van der Waals surface area contributed by atoms with Crippen molar-refractivity contribution in [2.24, 2.45) is 92.1 Å². The highest BCUT2D eigenvalue weighted by Crippen LogP contribution is 2.35. The Bertz CT molecular complexity index is 2860. The van der Waals surface area contributed by atoms with Crippen molar-refractivity contribution < 1.29 is 0 Å². The molecule has 0 saturated heterocycles. The summed E-state index contributed by atoms with van der Waals surface area (Å²) in [5.74, 6) is 2.24. The predicted octanol–water partition coefficient (Wildman–Crippen LogP) is 18.2. The van der Waals surface area contributed by atoms with Crippen LogP contribution < -0.4 is 80.3 Å². The molecule has 0 heterocycles. The van der Waals surface area contributed by atoms with E-state index in [4.69, 9.17) is 0 Å². The van der Waals surface area contributed by atoms with E-state index in [2.05, 4.69) is 313 Å². The van der Waals surface area contributed by atoms with Crippen molar-refractivity contribution in [3.05, 3.63) is 359 Å². The maximum Gasteiger partial charge on any atom is 0.0403 e. The second-order valence-electron chi connectivity index (χ2n) is 23.9. The largest absolute Gasteiger partial charge is 0.333 e. The van der Waals surface area contributed by atoms with Gasteiger partial charge in [-0.1, -0.05) is 420 Å². The SMILES string of the molecule is C1CCC(CC2CCCCC2)CC1.C1CCCCC1.CCc1ccccc1.CCc1ccccc1.CN.CN.CN.CN.CN.CN.CN.CN.CN.CN.CN.CN.NCN.c1ccc(Cc2ccc(Cc3ccc(Cc4ccccc4)cc3)cc2)cc1.c1ccc(Cc2ccccc2)cc1.c1ccccc1.c1ccccc1. The van der Waals surface area contributed by atoms with Gasteiger partial charge in [-0.2, -0.15) is 0 Å². The number of hydrogen-bond acceptors (Lipinski definition) is 14. The molecule has 0 aliphatic heterocycles. The molecule has 0 bridgehead atoms. The standard InChI is InChI=1S/C27H24.C13H24.C13H12.2C8H10.C6H12.2C6H6.CH6N2.12CH5N/c1-3-7-22(8-4-1)19-24-11-15-26(16-12-24)21-27-17-13-25(14-18-27)20-23-9-5-2-6-10-23;2*1-3-7-12(8-4-1)11-13-9-5-2-6-10-13;2*1-2-8-6-4-3-5-7-8;3*1-2-4-6-5-3-1;2-1-3;12*1-2/h1-18H,19-21H2;12-13H,1-11H2;1-10H,11H2;2*3-7H,2H2,1H3;1-6H2;2*1-6H;1-3H2;12*2H2,1H3. The number of benzene rings is 10. The minimum Gasteiger partial charge on any atom is -0.333 e. The fourth-order valence-corrected chi connectivity index (χ4v) is 11.5. The third-order valence-electron chi connectivity index (χ3n) is 16.5. The fourth-order valence-electron chi connectivity index (χ4n) is 11.5. The molecule has 0 atom stereocenters. The minimum atomic E-state index is 0.250. The molecule has 0 unspecified atom stereocenters. The van der Waals surface area contributed by atoms with Gasteiger partial charge in [0.15, 0.2) is 0 Å². The van der Waals surface area contributed by atoms with Gasteiger partial charge in [-0.3, -0.25) is 0 Å². The first-order valence-corrected chi connectivity index (χ1v) is 41.3. The lowest BCUT2D eigenvalue weighted by Crippen LogP contribution is -2.14. The van der Waals surface area contributed by atoms with Crippen molar-refractivity contribution in [2.45, 2.75) is 162 Å². The molecule has 13 rings (SSSR count). The van der Waals surface area contributed by atoms with Gasteiger partial charge in [-0.15, -0.1) is 0 Å². The van der Waals surface area contributed by atoms with Gasteiger partial charge in [0.2, 0.25) is 0 Å². The third-order valence-corrected chi connectivity index (χ3v) is 16.5. The van der Waals surface area contributed by atoms with E-state index in [9.17, 15) is 0 Å². The monoisotopic (exact) mass is 1570 g/mol. The van der Waals surface area contributed by atoms with Crippen molar-refractivity contribution in [1.29, 1.82) is 0 Å². The van der Waals surface area contributed by atoms with Gasteiger partial charge in [0.05, 0.1) is 0 Å². The average molecular weight is 1570 g/mol. The maximum absolute atomic E-state index is 4.62. The Balaban J connectivity index is -0.000000188. The van der Waals surface area contributed by atoms with Crippen molar-refractivity contribution in [1.82, 2.24) is 0 Å². The lowest BCUT2D eigenvalue weighted by molar-refractivity contribution is 0.244. The van der Waals surface area contributed by atoms with E-state index >= 15 is 0 Å². The summed E-state index contributed by atoms with van der Waals surface area (Å²) < 4.78 is 0. The van der Waals surface area contributed by atoms with E-state index in [1.807, 2.05) is 84.9 Å². The lowest BCUT2D eigenvalue weighted by atomic mass is 9.78. The van der Waals surface area contributed by atoms with Crippen LogP contribution in [0.5, 0.6) is 0 Å². The van der Waals surface area contributed by atoms with Crippen LogP contribution in [0.2, 0.25) is 0 Å². The topological polar surface area (TPSA) is 364 Å². The summed E-state index contributed by atoms with van der Waals surface area (Å²) >= 11 is 0. The van der Waals surface area contributed by atoms with Gasteiger partial charge in [-0.25, -0.2) is 0 Å². The highest BCUT2D eigenvalue weighted by molar-refractivity contribution is 5.34. The van der Waals surface area contributed by atoms with Crippen LogP contribution in [0.1, 0.15) is 179 Å². The summed E-state index contributed by atoms with van der Waals surface area (Å²) in [5, 5.41) is 0. The normalized spacial score (nSPS) is 11.0. The van der Waals surface area contributed by atoms with Crippen LogP contribution in [0.25, 0.3) is 0 Å². The molecule has 3 saturated carbocycles. The maximum atomic E-state index is 4.62. The smallest absolute Gasteiger partial charge is 0.0403 e. The summed E-state index contributed by atoms with van der Waals surface area (Å²) in [4.78, 5) is 0. The molecule has 3 aliphatic rings. The summed E-state index contributed by atoms with van der Waals surface area (Å²) in [6, 6.07) is 105. The zero-order chi connectivity index (χ0) is 87.3. The zero-order valence-electron chi connectivity index (χ0n) is 74.1. The van der Waals surface area contributed by atoms with E-state index in [1.165, 1.54) is 217 Å². The van der Waals surface area contributed by atoms with E-state index in [1.54, 1.807) is 32.1 Å². The van der Waals surface area contributed by atoms with Gasteiger partial charge in [-0.05, 0) is 197 Å². The highest BCUT2D eigenvalue weighted by atomic mass is 14.7. The molecule has 14 nitrogen and oxygen atoms in total. The summed E-state index contributed by atoms with van der Waals surface area (Å²) in [5.41, 5.74) is 77.0. The molecular weight excluding hydrogens is 1400 g/mol. The fraction of sp³-hybridized carbons (Fsp3) is 0.400. The molecule has 14 heteroatoms. The van der Waals surface area contributed by atoms with Crippen molar-refractivity contribution in [2.75, 3.05) is 91.2 Å². The molecule has 28 N–H and O–H groups in total. The second kappa shape index (κ2) is 109. The van der Waals surface area contributed by atoms with Crippen molar-refractivity contribution in [3.63, 3.8) is 0 Å². The van der Waals surface area contributed by atoms with Crippen LogP contribution in [0.3, 0.4) is 0 Å². The molecule has 640 valence electrons. The van der Waals surface area contributed by atoms with E-state index in [0.717, 1.165) is 50.4 Å². The quantitative estimate of drug-likeness (QED) is 0.0506. The van der Waals surface area contributed by atoms with Crippen molar-refractivity contribution in [3.8, 4) is 0 Å². The molecule has 10 aromatic carbocycles. The molecular formula is C100H170N14. The van der Waals surface area contributed by atoms with Gasteiger partial charge in [0, 0.05) is 6.67 Å². The summed E-state index contributed by atoms with van der Waals surface area (Å²) in [6.07, 6.45) is 32.2. The molecule has 3 aliphatic carbocycles. The van der Waals surface area contributed by atoms with E-state index in [-0.39, 0.29) is 6.67 Å². The van der Waals surface area contributed by atoms with Crippen LogP contribution in [-0.2, 0) is 38.5 Å². The van der Waals surface area contributed by atoms with E-state index < -0.39 is 0 Å². The Labute approximate surface area is 699 Å². The minimum absolute atomic E-state index is 0.250. The number of nitrogens with two attached hydrogens (primary N) is 14. The van der Waals surface area contributed by atoms with Gasteiger partial charge in [0.1, 0.15) is 0 Å². The van der Waals surface area contributed by atoms with Crippen LogP contribution >= 0.6 is 0 Å². The van der Waals surface area contributed by atoms with Crippen LogP contribution in [-0.4, -0.2) is 91.2 Å². The first kappa shape index (κ1) is 121. The average Bonchev–Trinajstić information content (AvgIpc) is 0.875. The Morgan fingerprint density at radius 1 is 0.175 bits per heavy atom. The predicted molar refractivity (Wildman–Crippen MR) is 514 cm³/mol. The molecule has 3 fully saturated rings. The van der Waals surface area contributed by atoms with E-state index in [0.29, 0.717) is 0 Å². The van der Waals surface area contributed by atoms with Crippen LogP contribution in [0.4, 0.5) is 0 Å². The number of rotatable bonds is 12. The molecule has 0 amide bonds. The molecule has 0 radical (unpaired) electrons. The molecule has 114 heavy (non-hydrogen) atoms. The van der Waals surface area contributed by atoms with Crippen molar-refractivity contribution >= 4 is 0 Å². The van der Waals surface area contributed by atoms with Gasteiger partial charge < -0.3 is 80.3 Å². The first-order valence-electron chi connectivity index (χ1n) is 41.3. The molecule has 0 spiro atoms. The Kier molecular flexibility index (Phi) is 116. The third kappa shape index (κ3) is 78.9. The van der Waals surface area contributed by atoms with Gasteiger partial charge in [0.25, 0.3) is 0 Å². The molecule has 0 aromatic heterocycles. The Morgan fingerprint density at radius 2 is 0.289 bits per heavy atom. The number of hydrogen-bond donors (Lipinski definition) is 14. The van der Waals surface area contributed by atoms with Crippen LogP contribution in [0, 0.1) is 11.8 Å². The Morgan fingerprint density at radius 3 is 0.421 bits per heavy atom. The second-order valence-corrected chi connectivity index (χ2v) is 23.9. The number of aryl methyl sites for hydroxylation is 2. The lowest BCUT2D eigenvalue weighted by Gasteiger charge is -2.28. The summed E-state index contributed by atoms with van der Waals surface area (Å²) in [6.45, 7) is 4.57. The van der Waals surface area contributed by atoms with Crippen LogP contribution in [0.15, 0.2) is 303 Å².